The van der Waals surface area contributed by atoms with Crippen molar-refractivity contribution in [1.82, 2.24) is 20.1 Å². The molecule has 1 saturated heterocycles. The summed E-state index contributed by atoms with van der Waals surface area (Å²) in [5.41, 5.74) is 3.01. The number of hydrogen-bond acceptors (Lipinski definition) is 5. The number of rotatable bonds is 4. The van der Waals surface area contributed by atoms with Gasteiger partial charge in [-0.25, -0.2) is 4.98 Å². The lowest BCUT2D eigenvalue weighted by Gasteiger charge is -2.32. The van der Waals surface area contributed by atoms with Crippen LogP contribution < -0.4 is 0 Å². The molecule has 25 heavy (non-hydrogen) atoms. The molecule has 4 heterocycles. The molecule has 1 fully saturated rings. The Hall–Kier alpha value is -1.99. The second-order valence-electron chi connectivity index (χ2n) is 6.27. The number of aromatic amines is 1. The van der Waals surface area contributed by atoms with E-state index in [0.717, 1.165) is 42.2 Å². The molecule has 0 saturated carbocycles. The number of nitrogens with zero attached hydrogens (tertiary/aromatic N) is 3. The highest BCUT2D eigenvalue weighted by Gasteiger charge is 2.28. The van der Waals surface area contributed by atoms with Gasteiger partial charge in [0.1, 0.15) is 10.7 Å². The van der Waals surface area contributed by atoms with Gasteiger partial charge in [-0.05, 0) is 36.3 Å². The summed E-state index contributed by atoms with van der Waals surface area (Å²) in [5.74, 6) is 0.381. The average molecular weight is 373 g/mol. The third-order valence-corrected chi connectivity index (χ3v) is 6.59. The summed E-state index contributed by atoms with van der Waals surface area (Å²) in [6, 6.07) is 4.05. The van der Waals surface area contributed by atoms with Crippen LogP contribution in [-0.2, 0) is 6.42 Å². The lowest BCUT2D eigenvalue weighted by atomic mass is 9.92. The van der Waals surface area contributed by atoms with Crippen LogP contribution in [0.1, 0.15) is 47.4 Å². The van der Waals surface area contributed by atoms with E-state index in [1.54, 1.807) is 11.3 Å². The molecule has 0 radical (unpaired) electrons. The van der Waals surface area contributed by atoms with Gasteiger partial charge in [-0.2, -0.15) is 5.10 Å². The summed E-state index contributed by atoms with van der Waals surface area (Å²) in [7, 11) is 0. The number of aromatic nitrogens is 3. The summed E-state index contributed by atoms with van der Waals surface area (Å²) in [4.78, 5) is 20.5. The standard InChI is InChI=1S/C18H20N4OS2/c1-2-12-9-19-21-16(12)13-5-3-7-22(10-13)18(23)14-11-25-17(20-14)15-6-4-8-24-15/h4,6,8-9,11,13H,2-3,5,7,10H2,1H3,(H,19,21)/t13-/m1/s1. The second-order valence-corrected chi connectivity index (χ2v) is 8.07. The Labute approximate surface area is 154 Å². The zero-order valence-corrected chi connectivity index (χ0v) is 15.7. The van der Waals surface area contributed by atoms with Crippen molar-refractivity contribution in [2.75, 3.05) is 13.1 Å². The third-order valence-electron chi connectivity index (χ3n) is 4.70. The molecule has 3 aromatic heterocycles. The molecule has 4 rings (SSSR count). The zero-order valence-electron chi connectivity index (χ0n) is 14.1. The van der Waals surface area contributed by atoms with Crippen molar-refractivity contribution in [3.63, 3.8) is 0 Å². The lowest BCUT2D eigenvalue weighted by Crippen LogP contribution is -2.39. The van der Waals surface area contributed by atoms with Crippen molar-refractivity contribution in [3.8, 4) is 9.88 Å². The van der Waals surface area contributed by atoms with Gasteiger partial charge in [0.2, 0.25) is 0 Å². The first-order valence-electron chi connectivity index (χ1n) is 8.57. The minimum Gasteiger partial charge on any atom is -0.337 e. The van der Waals surface area contributed by atoms with E-state index in [4.69, 9.17) is 0 Å². The van der Waals surface area contributed by atoms with Crippen molar-refractivity contribution < 1.29 is 4.79 Å². The van der Waals surface area contributed by atoms with Crippen LogP contribution in [0, 0.1) is 0 Å². The highest BCUT2D eigenvalue weighted by atomic mass is 32.1. The Morgan fingerprint density at radius 2 is 2.36 bits per heavy atom. The van der Waals surface area contributed by atoms with E-state index in [1.165, 1.54) is 22.6 Å². The molecule has 1 aliphatic heterocycles. The predicted molar refractivity (Wildman–Crippen MR) is 101 cm³/mol. The Morgan fingerprint density at radius 3 is 3.16 bits per heavy atom. The summed E-state index contributed by atoms with van der Waals surface area (Å²) in [6.45, 7) is 3.68. The van der Waals surface area contributed by atoms with E-state index in [1.807, 2.05) is 34.0 Å². The van der Waals surface area contributed by atoms with Crippen LogP contribution in [0.25, 0.3) is 9.88 Å². The Kier molecular flexibility index (Phi) is 4.67. The molecule has 1 N–H and O–H groups in total. The van der Waals surface area contributed by atoms with Crippen LogP contribution in [0.2, 0.25) is 0 Å². The maximum Gasteiger partial charge on any atom is 0.273 e. The fraction of sp³-hybridized carbons (Fsp3) is 0.389. The quantitative estimate of drug-likeness (QED) is 0.747. The molecule has 0 bridgehead atoms. The van der Waals surface area contributed by atoms with Crippen molar-refractivity contribution in [1.29, 1.82) is 0 Å². The van der Waals surface area contributed by atoms with Gasteiger partial charge in [-0.3, -0.25) is 9.89 Å². The Balaban J connectivity index is 1.50. The van der Waals surface area contributed by atoms with E-state index in [9.17, 15) is 4.79 Å². The van der Waals surface area contributed by atoms with Gasteiger partial charge >= 0.3 is 0 Å². The molecule has 0 aromatic carbocycles. The topological polar surface area (TPSA) is 61.9 Å². The Morgan fingerprint density at radius 1 is 1.44 bits per heavy atom. The van der Waals surface area contributed by atoms with Crippen molar-refractivity contribution in [3.05, 3.63) is 46.0 Å². The average Bonchev–Trinajstić information content (AvgIpc) is 3.41. The van der Waals surface area contributed by atoms with Crippen LogP contribution in [-0.4, -0.2) is 39.1 Å². The minimum atomic E-state index is 0.0429. The molecule has 1 atom stereocenters. The number of likely N-dealkylation sites (tertiary alicyclic amines) is 1. The first-order valence-corrected chi connectivity index (χ1v) is 10.3. The smallest absolute Gasteiger partial charge is 0.273 e. The van der Waals surface area contributed by atoms with E-state index in [-0.39, 0.29) is 5.91 Å². The lowest BCUT2D eigenvalue weighted by molar-refractivity contribution is 0.0700. The van der Waals surface area contributed by atoms with Crippen LogP contribution in [0.4, 0.5) is 0 Å². The van der Waals surface area contributed by atoms with Gasteiger partial charge in [0, 0.05) is 30.1 Å². The molecule has 0 aliphatic carbocycles. The third kappa shape index (κ3) is 3.26. The normalized spacial score (nSPS) is 17.8. The molecule has 1 amide bonds. The van der Waals surface area contributed by atoms with Crippen LogP contribution in [0.3, 0.4) is 0 Å². The van der Waals surface area contributed by atoms with E-state index < -0.39 is 0 Å². The van der Waals surface area contributed by atoms with E-state index >= 15 is 0 Å². The number of amides is 1. The van der Waals surface area contributed by atoms with Gasteiger partial charge in [0.15, 0.2) is 0 Å². The monoisotopic (exact) mass is 372 g/mol. The van der Waals surface area contributed by atoms with E-state index in [0.29, 0.717) is 11.6 Å². The van der Waals surface area contributed by atoms with Gasteiger partial charge in [0.05, 0.1) is 11.1 Å². The number of nitrogens with one attached hydrogen (secondary N) is 1. The van der Waals surface area contributed by atoms with Gasteiger partial charge in [-0.1, -0.05) is 13.0 Å². The second kappa shape index (κ2) is 7.09. The first kappa shape index (κ1) is 16.5. The van der Waals surface area contributed by atoms with Gasteiger partial charge < -0.3 is 4.90 Å². The maximum atomic E-state index is 12.9. The Bertz CT molecular complexity index is 852. The fourth-order valence-electron chi connectivity index (χ4n) is 3.40. The molecular formula is C18H20N4OS2. The number of thiazole rings is 1. The van der Waals surface area contributed by atoms with Crippen LogP contribution in [0.5, 0.6) is 0 Å². The molecule has 3 aromatic rings. The number of carbonyl (C=O) groups is 1. The fourth-order valence-corrected chi connectivity index (χ4v) is 5.01. The minimum absolute atomic E-state index is 0.0429. The highest BCUT2D eigenvalue weighted by molar-refractivity contribution is 7.20. The van der Waals surface area contributed by atoms with Crippen molar-refractivity contribution in [2.45, 2.75) is 32.1 Å². The molecule has 7 heteroatoms. The zero-order chi connectivity index (χ0) is 17.2. The molecule has 130 valence electrons. The molecule has 5 nitrogen and oxygen atoms in total. The molecule has 0 unspecified atom stereocenters. The highest BCUT2D eigenvalue weighted by Crippen LogP contribution is 2.31. The molecule has 1 aliphatic rings. The van der Waals surface area contributed by atoms with E-state index in [2.05, 4.69) is 22.1 Å². The largest absolute Gasteiger partial charge is 0.337 e. The number of aryl methyl sites for hydroxylation is 1. The molecular weight excluding hydrogens is 352 g/mol. The number of H-pyrrole nitrogens is 1. The number of piperidine rings is 1. The van der Waals surface area contributed by atoms with Crippen LogP contribution >= 0.6 is 22.7 Å². The summed E-state index contributed by atoms with van der Waals surface area (Å²) in [5, 5.41) is 12.2. The summed E-state index contributed by atoms with van der Waals surface area (Å²) >= 11 is 3.19. The van der Waals surface area contributed by atoms with Gasteiger partial charge in [0.25, 0.3) is 5.91 Å². The number of carbonyl (C=O) groups excluding carboxylic acids is 1. The maximum absolute atomic E-state index is 12.9. The summed E-state index contributed by atoms with van der Waals surface area (Å²) < 4.78 is 0. The SMILES string of the molecule is CCc1cn[nH]c1[C@@H]1CCCN(C(=O)c2csc(-c3cccs3)n2)C1. The number of thiophene rings is 1. The number of hydrogen-bond donors (Lipinski definition) is 1. The van der Waals surface area contributed by atoms with Gasteiger partial charge in [-0.15, -0.1) is 22.7 Å². The van der Waals surface area contributed by atoms with Crippen molar-refractivity contribution in [2.24, 2.45) is 0 Å². The first-order chi connectivity index (χ1) is 12.3. The van der Waals surface area contributed by atoms with Crippen LogP contribution in [0.15, 0.2) is 29.1 Å². The molecule has 0 spiro atoms. The van der Waals surface area contributed by atoms with Crippen molar-refractivity contribution >= 4 is 28.6 Å². The summed E-state index contributed by atoms with van der Waals surface area (Å²) in [6.07, 6.45) is 4.98. The predicted octanol–water partition coefficient (Wildman–Crippen LogP) is 4.18.